The zero-order valence-electron chi connectivity index (χ0n) is 23.3. The van der Waals surface area contributed by atoms with Crippen LogP contribution in [0.5, 0.6) is 0 Å². The van der Waals surface area contributed by atoms with Crippen molar-refractivity contribution in [3.05, 3.63) is 65.7 Å². The number of nitrogens with zero attached hydrogens (tertiary/aromatic N) is 5. The van der Waals surface area contributed by atoms with Crippen LogP contribution in [-0.4, -0.2) is 65.9 Å². The molecular weight excluding hydrogens is 474 g/mol. The Morgan fingerprint density at radius 2 is 2.05 bits per heavy atom. The van der Waals surface area contributed by atoms with E-state index < -0.39 is 37.4 Å². The Balaban J connectivity index is 1.55. The number of ether oxygens (including phenoxy) is 1. The average Bonchev–Trinajstić information content (AvgIpc) is 3.47. The van der Waals surface area contributed by atoms with Crippen molar-refractivity contribution in [1.82, 2.24) is 29.8 Å². The van der Waals surface area contributed by atoms with E-state index in [1.807, 2.05) is 44.2 Å². The number of carbonyl (C=O) groups excluding carboxylic acids is 1. The molecule has 0 aliphatic carbocycles. The number of hydrogen-bond acceptors (Lipinski definition) is 9. The third kappa shape index (κ3) is 4.76. The summed E-state index contributed by atoms with van der Waals surface area (Å²) in [5.41, 5.74) is 4.44. The highest BCUT2D eigenvalue weighted by Crippen LogP contribution is 2.33. The molecule has 1 aromatic carbocycles. The van der Waals surface area contributed by atoms with Gasteiger partial charge in [0.05, 0.1) is 6.33 Å². The normalized spacial score (nSPS) is 22.9. The van der Waals surface area contributed by atoms with Gasteiger partial charge in [0.2, 0.25) is 0 Å². The maximum Gasteiger partial charge on any atom is 0.251 e. The molecule has 11 heteroatoms. The number of pyridine rings is 1. The number of carbonyl (C=O) groups is 1. The molecule has 4 N–H and O–H groups in total. The van der Waals surface area contributed by atoms with Crippen molar-refractivity contribution in [3.63, 3.8) is 0 Å². The molecule has 0 unspecified atom stereocenters. The number of benzene rings is 1. The van der Waals surface area contributed by atoms with Crippen molar-refractivity contribution in [2.75, 3.05) is 12.3 Å². The van der Waals surface area contributed by atoms with Crippen LogP contribution in [0, 0.1) is 6.92 Å². The fourth-order valence-electron chi connectivity index (χ4n) is 4.34. The van der Waals surface area contributed by atoms with Crippen molar-refractivity contribution >= 4 is 22.9 Å². The van der Waals surface area contributed by atoms with Gasteiger partial charge in [0.15, 0.2) is 35.1 Å². The fourth-order valence-corrected chi connectivity index (χ4v) is 4.34. The molecular formula is C26H29N7O4. The van der Waals surface area contributed by atoms with E-state index in [0.29, 0.717) is 29.3 Å². The Labute approximate surface area is 217 Å². The van der Waals surface area contributed by atoms with Crippen molar-refractivity contribution in [2.24, 2.45) is 0 Å². The van der Waals surface area contributed by atoms with Crippen molar-refractivity contribution in [1.29, 1.82) is 0 Å². The maximum atomic E-state index is 12.5. The number of aryl methyl sites for hydroxylation is 2. The average molecular weight is 507 g/mol. The minimum atomic E-state index is -2.79. The van der Waals surface area contributed by atoms with Gasteiger partial charge in [-0.1, -0.05) is 36.8 Å². The van der Waals surface area contributed by atoms with Crippen LogP contribution >= 0.6 is 0 Å². The molecule has 1 saturated heterocycles. The topological polar surface area (TPSA) is 147 Å². The summed E-state index contributed by atoms with van der Waals surface area (Å²) >= 11 is 0. The monoisotopic (exact) mass is 506 g/mol. The number of rotatable bonds is 7. The van der Waals surface area contributed by atoms with Gasteiger partial charge in [0, 0.05) is 35.6 Å². The third-order valence-electron chi connectivity index (χ3n) is 6.32. The third-order valence-corrected chi connectivity index (χ3v) is 6.32. The molecule has 192 valence electrons. The molecule has 4 atom stereocenters. The summed E-state index contributed by atoms with van der Waals surface area (Å²) in [7, 11) is 0. The summed E-state index contributed by atoms with van der Waals surface area (Å²) in [6, 6.07) is 9.94. The van der Waals surface area contributed by atoms with E-state index in [2.05, 4.69) is 15.3 Å². The van der Waals surface area contributed by atoms with E-state index in [9.17, 15) is 15.0 Å². The lowest BCUT2D eigenvalue weighted by Gasteiger charge is -2.17. The first-order valence-corrected chi connectivity index (χ1v) is 11.9. The molecule has 0 spiro atoms. The van der Waals surface area contributed by atoms with E-state index in [0.717, 1.165) is 23.1 Å². The molecule has 4 heterocycles. The zero-order valence-corrected chi connectivity index (χ0v) is 20.3. The van der Waals surface area contributed by atoms with Crippen molar-refractivity contribution in [2.45, 2.75) is 51.4 Å². The predicted octanol–water partition coefficient (Wildman–Crippen LogP) is 1.74. The number of nitrogens with one attached hydrogen (secondary N) is 2. The van der Waals surface area contributed by atoms with E-state index in [-0.39, 0.29) is 5.65 Å². The summed E-state index contributed by atoms with van der Waals surface area (Å²) in [4.78, 5) is 30.6. The lowest BCUT2D eigenvalue weighted by atomic mass is 10.1. The van der Waals surface area contributed by atoms with Gasteiger partial charge in [-0.2, -0.15) is 0 Å². The van der Waals surface area contributed by atoms with Crippen molar-refractivity contribution < 1.29 is 23.9 Å². The number of aromatic nitrogens is 5. The molecule has 0 radical (unpaired) electrons. The molecule has 11 nitrogen and oxygen atoms in total. The molecule has 1 aliphatic heterocycles. The van der Waals surface area contributed by atoms with Gasteiger partial charge in [-0.25, -0.2) is 15.0 Å². The molecule has 4 aromatic rings. The summed E-state index contributed by atoms with van der Waals surface area (Å²) < 4.78 is 28.9. The maximum absolute atomic E-state index is 12.5. The van der Waals surface area contributed by atoms with Crippen LogP contribution < -0.4 is 10.6 Å². The van der Waals surface area contributed by atoms with Gasteiger partial charge in [0.25, 0.3) is 5.91 Å². The second-order valence-electron chi connectivity index (χ2n) is 8.92. The summed E-state index contributed by atoms with van der Waals surface area (Å²) in [6.45, 7) is 1.68. The predicted molar refractivity (Wildman–Crippen MR) is 136 cm³/mol. The lowest BCUT2D eigenvalue weighted by molar-refractivity contribution is -0.137. The molecule has 1 amide bonds. The second-order valence-corrected chi connectivity index (χ2v) is 8.92. The Kier molecular flexibility index (Phi) is 5.84. The number of fused-ring (bicyclic) bond motifs is 1. The highest BCUT2D eigenvalue weighted by Gasteiger charge is 2.47. The van der Waals surface area contributed by atoms with Gasteiger partial charge >= 0.3 is 0 Å². The van der Waals surface area contributed by atoms with E-state index >= 15 is 0 Å². The van der Waals surface area contributed by atoms with Gasteiger partial charge < -0.3 is 25.6 Å². The van der Waals surface area contributed by atoms with E-state index in [1.54, 1.807) is 17.7 Å². The molecule has 1 fully saturated rings. The first-order chi connectivity index (χ1) is 19.0. The highest BCUT2D eigenvalue weighted by molar-refractivity contribution is 5.85. The van der Waals surface area contributed by atoms with Crippen LogP contribution in [0.25, 0.3) is 22.6 Å². The molecule has 0 bridgehead atoms. The number of anilines is 1. The summed E-state index contributed by atoms with van der Waals surface area (Å²) in [5.74, 6) is -0.308. The number of imidazole rings is 1. The number of aliphatic hydroxyl groups is 2. The zero-order chi connectivity index (χ0) is 28.6. The largest absolute Gasteiger partial charge is 0.387 e. The minimum Gasteiger partial charge on any atom is -0.387 e. The van der Waals surface area contributed by atoms with Gasteiger partial charge in [-0.05, 0) is 30.5 Å². The van der Waals surface area contributed by atoms with Crippen LogP contribution in [0.2, 0.25) is 0 Å². The standard InChI is InChI=1S/C26H29N7O4/c1-4-15-9-17(12-28-10-15)22-31-23(29-11-16-7-5-6-14(2)8-16)18-24(32-22)33(13-30-18)26-20(35)19(34)21(37-26)25(36)27-3/h5-10,12-13,19-21,26,34-35H,4,11H2,1-3H3,(H,27,36)(H,29,31,32)/t19-,20+,21-,26+/m0/s1/i3D3. The lowest BCUT2D eigenvalue weighted by Crippen LogP contribution is -2.41. The van der Waals surface area contributed by atoms with Crippen LogP contribution in [0.3, 0.4) is 0 Å². The second kappa shape index (κ2) is 10.2. The number of amides is 1. The molecule has 3 aromatic heterocycles. The SMILES string of the molecule is [2H]C([2H])([2H])NC(=O)[C@H]1O[C@@H](n2cnc3c(NCc4cccc(C)c4)nc(-c4cncc(CC)c4)nc32)[C@H](O)[C@@H]1O. The summed E-state index contributed by atoms with van der Waals surface area (Å²) in [6.07, 6.45) is -0.620. The minimum absolute atomic E-state index is 0.270. The van der Waals surface area contributed by atoms with E-state index in [1.165, 1.54) is 10.9 Å². The molecule has 5 rings (SSSR count). The van der Waals surface area contributed by atoms with Gasteiger partial charge in [-0.3, -0.25) is 14.3 Å². The fraction of sp³-hybridized carbons (Fsp3) is 0.346. The number of likely N-dealkylation sites (N-methyl/N-ethyl adjacent to an activating group) is 1. The quantitative estimate of drug-likeness (QED) is 0.294. The van der Waals surface area contributed by atoms with Crippen LogP contribution in [0.1, 0.15) is 34.0 Å². The van der Waals surface area contributed by atoms with Gasteiger partial charge in [-0.15, -0.1) is 0 Å². The van der Waals surface area contributed by atoms with Crippen LogP contribution in [0.4, 0.5) is 5.82 Å². The number of aliphatic hydroxyl groups excluding tert-OH is 2. The first kappa shape index (κ1) is 21.2. The van der Waals surface area contributed by atoms with E-state index in [4.69, 9.17) is 18.8 Å². The molecule has 1 aliphatic rings. The Bertz CT molecular complexity index is 1540. The van der Waals surface area contributed by atoms with Crippen LogP contribution in [-0.2, 0) is 22.5 Å². The summed E-state index contributed by atoms with van der Waals surface area (Å²) in [5, 5.41) is 26.5. The first-order valence-electron chi connectivity index (χ1n) is 13.4. The van der Waals surface area contributed by atoms with Crippen LogP contribution in [0.15, 0.2) is 49.1 Å². The smallest absolute Gasteiger partial charge is 0.251 e. The van der Waals surface area contributed by atoms with Gasteiger partial charge in [0.1, 0.15) is 12.2 Å². The Morgan fingerprint density at radius 3 is 2.84 bits per heavy atom. The Morgan fingerprint density at radius 1 is 1.19 bits per heavy atom. The molecule has 0 saturated carbocycles. The molecule has 37 heavy (non-hydrogen) atoms. The highest BCUT2D eigenvalue weighted by atomic mass is 16.6. The number of hydrogen-bond donors (Lipinski definition) is 4. The van der Waals surface area contributed by atoms with Crippen molar-refractivity contribution in [3.8, 4) is 11.4 Å². The Hall–Kier alpha value is -3.93.